The van der Waals surface area contributed by atoms with E-state index < -0.39 is 0 Å². The highest BCUT2D eigenvalue weighted by molar-refractivity contribution is 6.29. The van der Waals surface area contributed by atoms with Crippen molar-refractivity contribution in [2.75, 3.05) is 25.0 Å². The minimum absolute atomic E-state index is 0.436. The standard InChI is InChI=1S/C17H22ClN5/c1-13-7-8-19-17(21-13)22(2)15-4-3-9-23(12-15)11-14-5-6-16(18)20-10-14/h5-8,10,15H,3-4,9,11-12H2,1-2H3. The number of likely N-dealkylation sites (N-methyl/N-ethyl adjacent to an activating group) is 1. The maximum absolute atomic E-state index is 5.85. The maximum Gasteiger partial charge on any atom is 0.225 e. The summed E-state index contributed by atoms with van der Waals surface area (Å²) < 4.78 is 0. The second-order valence-corrected chi connectivity index (χ2v) is 6.52. The molecule has 0 aliphatic carbocycles. The van der Waals surface area contributed by atoms with E-state index in [0.717, 1.165) is 31.3 Å². The maximum atomic E-state index is 5.85. The van der Waals surface area contributed by atoms with E-state index in [0.29, 0.717) is 11.2 Å². The zero-order valence-electron chi connectivity index (χ0n) is 13.6. The summed E-state index contributed by atoms with van der Waals surface area (Å²) in [5, 5.41) is 0.543. The summed E-state index contributed by atoms with van der Waals surface area (Å²) in [5.41, 5.74) is 2.20. The number of halogens is 1. The molecule has 6 heteroatoms. The summed E-state index contributed by atoms with van der Waals surface area (Å²) in [7, 11) is 2.09. The van der Waals surface area contributed by atoms with E-state index in [4.69, 9.17) is 11.6 Å². The summed E-state index contributed by atoms with van der Waals surface area (Å²) in [4.78, 5) is 17.8. The van der Waals surface area contributed by atoms with E-state index in [1.807, 2.05) is 37.5 Å². The number of likely N-dealkylation sites (tertiary alicyclic amines) is 1. The topological polar surface area (TPSA) is 45.2 Å². The van der Waals surface area contributed by atoms with Crippen molar-refractivity contribution < 1.29 is 0 Å². The molecule has 0 radical (unpaired) electrons. The monoisotopic (exact) mass is 331 g/mol. The third-order valence-electron chi connectivity index (χ3n) is 4.32. The van der Waals surface area contributed by atoms with Crippen LogP contribution in [-0.4, -0.2) is 46.0 Å². The minimum Gasteiger partial charge on any atom is -0.340 e. The first-order valence-corrected chi connectivity index (χ1v) is 8.35. The van der Waals surface area contributed by atoms with Crippen LogP contribution >= 0.6 is 11.6 Å². The van der Waals surface area contributed by atoms with Crippen LogP contribution in [-0.2, 0) is 6.54 Å². The predicted molar refractivity (Wildman–Crippen MR) is 92.7 cm³/mol. The summed E-state index contributed by atoms with van der Waals surface area (Å²) in [6.45, 7) is 5.03. The van der Waals surface area contributed by atoms with Crippen LogP contribution in [0.1, 0.15) is 24.1 Å². The molecule has 0 amide bonds. The largest absolute Gasteiger partial charge is 0.340 e. The van der Waals surface area contributed by atoms with Crippen LogP contribution < -0.4 is 4.90 Å². The van der Waals surface area contributed by atoms with E-state index in [1.54, 1.807) is 0 Å². The highest BCUT2D eigenvalue weighted by Crippen LogP contribution is 2.20. The van der Waals surface area contributed by atoms with Crippen molar-refractivity contribution in [2.45, 2.75) is 32.4 Å². The van der Waals surface area contributed by atoms with Gasteiger partial charge in [0.2, 0.25) is 5.95 Å². The van der Waals surface area contributed by atoms with Crippen molar-refractivity contribution in [3.8, 4) is 0 Å². The van der Waals surface area contributed by atoms with Crippen LogP contribution in [0.25, 0.3) is 0 Å². The molecule has 1 atom stereocenters. The van der Waals surface area contributed by atoms with Gasteiger partial charge in [0.15, 0.2) is 0 Å². The normalized spacial score (nSPS) is 18.8. The first-order chi connectivity index (χ1) is 11.1. The van der Waals surface area contributed by atoms with Crippen molar-refractivity contribution in [1.82, 2.24) is 19.9 Å². The molecule has 122 valence electrons. The lowest BCUT2D eigenvalue weighted by Gasteiger charge is -2.37. The third kappa shape index (κ3) is 4.18. The average molecular weight is 332 g/mol. The van der Waals surface area contributed by atoms with Crippen LogP contribution in [0.5, 0.6) is 0 Å². The molecule has 1 aliphatic rings. The van der Waals surface area contributed by atoms with Crippen LogP contribution in [0.4, 0.5) is 5.95 Å². The minimum atomic E-state index is 0.436. The van der Waals surface area contributed by atoms with E-state index in [-0.39, 0.29) is 0 Å². The van der Waals surface area contributed by atoms with Crippen LogP contribution in [0.2, 0.25) is 5.15 Å². The molecule has 2 aromatic rings. The van der Waals surface area contributed by atoms with Crippen LogP contribution in [0.3, 0.4) is 0 Å². The van der Waals surface area contributed by atoms with Crippen molar-refractivity contribution in [2.24, 2.45) is 0 Å². The van der Waals surface area contributed by atoms with Gasteiger partial charge in [-0.1, -0.05) is 17.7 Å². The Morgan fingerprint density at radius 2 is 2.17 bits per heavy atom. The van der Waals surface area contributed by atoms with E-state index in [1.165, 1.54) is 18.4 Å². The van der Waals surface area contributed by atoms with Gasteiger partial charge in [0.05, 0.1) is 0 Å². The fourth-order valence-corrected chi connectivity index (χ4v) is 3.13. The zero-order valence-corrected chi connectivity index (χ0v) is 14.4. The van der Waals surface area contributed by atoms with Gasteiger partial charge in [0.1, 0.15) is 5.15 Å². The number of pyridine rings is 1. The molecule has 5 nitrogen and oxygen atoms in total. The molecular formula is C17H22ClN5. The molecule has 0 N–H and O–H groups in total. The number of hydrogen-bond donors (Lipinski definition) is 0. The number of nitrogens with zero attached hydrogens (tertiary/aromatic N) is 5. The second-order valence-electron chi connectivity index (χ2n) is 6.13. The second kappa shape index (κ2) is 7.23. The molecule has 1 unspecified atom stereocenters. The van der Waals surface area contributed by atoms with E-state index in [9.17, 15) is 0 Å². The molecule has 3 rings (SSSR count). The van der Waals surface area contributed by atoms with Gasteiger partial charge in [0.25, 0.3) is 0 Å². The van der Waals surface area contributed by atoms with Crippen molar-refractivity contribution >= 4 is 17.5 Å². The van der Waals surface area contributed by atoms with Crippen molar-refractivity contribution in [3.05, 3.63) is 47.0 Å². The Morgan fingerprint density at radius 1 is 1.30 bits per heavy atom. The van der Waals surface area contributed by atoms with Gasteiger partial charge in [-0.15, -0.1) is 0 Å². The Hall–Kier alpha value is -1.72. The lowest BCUT2D eigenvalue weighted by molar-refractivity contribution is 0.198. The first kappa shape index (κ1) is 16.1. The Bertz CT molecular complexity index is 646. The smallest absolute Gasteiger partial charge is 0.225 e. The summed E-state index contributed by atoms with van der Waals surface area (Å²) in [5.74, 6) is 0.810. The highest BCUT2D eigenvalue weighted by Gasteiger charge is 2.24. The Kier molecular flexibility index (Phi) is 5.08. The number of piperidine rings is 1. The van der Waals surface area contributed by atoms with Crippen LogP contribution in [0, 0.1) is 6.92 Å². The lowest BCUT2D eigenvalue weighted by Crippen LogP contribution is -2.46. The molecule has 0 bridgehead atoms. The van der Waals surface area contributed by atoms with E-state index >= 15 is 0 Å². The zero-order chi connectivity index (χ0) is 16.2. The summed E-state index contributed by atoms with van der Waals surface area (Å²) >= 11 is 5.85. The number of hydrogen-bond acceptors (Lipinski definition) is 5. The SMILES string of the molecule is Cc1ccnc(N(C)C2CCCN(Cc3ccc(Cl)nc3)C2)n1. The Balaban J connectivity index is 1.64. The third-order valence-corrected chi connectivity index (χ3v) is 4.54. The molecule has 1 fully saturated rings. The van der Waals surface area contributed by atoms with Gasteiger partial charge in [-0.2, -0.15) is 0 Å². The molecule has 2 aromatic heterocycles. The quantitative estimate of drug-likeness (QED) is 0.806. The van der Waals surface area contributed by atoms with Gasteiger partial charge in [-0.25, -0.2) is 15.0 Å². The average Bonchev–Trinajstić information content (AvgIpc) is 2.56. The van der Waals surface area contributed by atoms with E-state index in [2.05, 4.69) is 31.8 Å². The highest BCUT2D eigenvalue weighted by atomic mass is 35.5. The van der Waals surface area contributed by atoms with Gasteiger partial charge < -0.3 is 4.90 Å². The molecule has 0 saturated carbocycles. The Morgan fingerprint density at radius 3 is 2.91 bits per heavy atom. The van der Waals surface area contributed by atoms with Gasteiger partial charge in [0, 0.05) is 44.3 Å². The molecular weight excluding hydrogens is 310 g/mol. The fourth-order valence-electron chi connectivity index (χ4n) is 3.02. The number of rotatable bonds is 4. The molecule has 3 heterocycles. The lowest BCUT2D eigenvalue weighted by atomic mass is 10.0. The summed E-state index contributed by atoms with van der Waals surface area (Å²) in [6.07, 6.45) is 6.04. The van der Waals surface area contributed by atoms with Gasteiger partial charge in [-0.05, 0) is 44.0 Å². The molecule has 1 saturated heterocycles. The predicted octanol–water partition coefficient (Wildman–Crippen LogP) is 2.93. The van der Waals surface area contributed by atoms with Crippen molar-refractivity contribution in [1.29, 1.82) is 0 Å². The number of aryl methyl sites for hydroxylation is 1. The van der Waals surface area contributed by atoms with Crippen LogP contribution in [0.15, 0.2) is 30.6 Å². The molecule has 0 aromatic carbocycles. The molecule has 1 aliphatic heterocycles. The van der Waals surface area contributed by atoms with Gasteiger partial charge in [-0.3, -0.25) is 4.90 Å². The molecule has 23 heavy (non-hydrogen) atoms. The van der Waals surface area contributed by atoms with Gasteiger partial charge >= 0.3 is 0 Å². The number of anilines is 1. The Labute approximate surface area is 142 Å². The fraction of sp³-hybridized carbons (Fsp3) is 0.471. The summed E-state index contributed by atoms with van der Waals surface area (Å²) in [6, 6.07) is 6.26. The van der Waals surface area contributed by atoms with Crippen molar-refractivity contribution in [3.63, 3.8) is 0 Å². The number of aromatic nitrogens is 3. The first-order valence-electron chi connectivity index (χ1n) is 7.97. The molecule has 0 spiro atoms.